The van der Waals surface area contributed by atoms with Crippen LogP contribution in [0.2, 0.25) is 5.02 Å². The van der Waals surface area contributed by atoms with Crippen LogP contribution in [0.15, 0.2) is 28.9 Å². The number of carbonyl (C=O) groups is 1. The molecule has 1 aliphatic heterocycles. The number of thioether (sulfide) groups is 1. The van der Waals surface area contributed by atoms with E-state index in [0.717, 1.165) is 13.1 Å². The summed E-state index contributed by atoms with van der Waals surface area (Å²) in [7, 11) is 0. The number of rotatable bonds is 6. The Morgan fingerprint density at radius 1 is 1.52 bits per heavy atom. The van der Waals surface area contributed by atoms with Gasteiger partial charge in [-0.15, -0.1) is 11.3 Å². The molecule has 1 saturated heterocycles. The Kier molecular flexibility index (Phi) is 6.66. The average Bonchev–Trinajstić information content (AvgIpc) is 3.17. The molecule has 3 heterocycles. The molecule has 0 spiro atoms. The third-order valence-corrected chi connectivity index (χ3v) is 5.75. The maximum Gasteiger partial charge on any atom is 0.271 e. The van der Waals surface area contributed by atoms with Crippen LogP contribution in [0.1, 0.15) is 21.4 Å². The molecule has 2 aromatic heterocycles. The summed E-state index contributed by atoms with van der Waals surface area (Å²) >= 11 is 9.16. The summed E-state index contributed by atoms with van der Waals surface area (Å²) in [4.78, 5) is 24.4. The van der Waals surface area contributed by atoms with Crippen LogP contribution >= 0.6 is 34.7 Å². The van der Waals surface area contributed by atoms with Gasteiger partial charge in [0.1, 0.15) is 0 Å². The van der Waals surface area contributed by atoms with Crippen molar-refractivity contribution in [2.24, 2.45) is 0 Å². The third kappa shape index (κ3) is 4.71. The van der Waals surface area contributed by atoms with Crippen molar-refractivity contribution in [3.05, 3.63) is 39.3 Å². The van der Waals surface area contributed by atoms with Crippen LogP contribution in [0.3, 0.4) is 0 Å². The number of amides is 1. The normalized spacial score (nSPS) is 16.6. The van der Waals surface area contributed by atoms with Gasteiger partial charge in [-0.25, -0.2) is 9.97 Å². The van der Waals surface area contributed by atoms with Crippen molar-refractivity contribution < 1.29 is 9.53 Å². The van der Waals surface area contributed by atoms with Gasteiger partial charge in [0, 0.05) is 24.5 Å². The van der Waals surface area contributed by atoms with Gasteiger partial charge < -0.3 is 10.1 Å². The predicted octanol–water partition coefficient (Wildman–Crippen LogP) is 2.72. The van der Waals surface area contributed by atoms with E-state index in [1.165, 1.54) is 22.8 Å². The molecule has 25 heavy (non-hydrogen) atoms. The second-order valence-corrected chi connectivity index (χ2v) is 7.60. The highest BCUT2D eigenvalue weighted by Gasteiger charge is 2.25. The lowest BCUT2D eigenvalue weighted by molar-refractivity contribution is 0.0169. The average molecular weight is 399 g/mol. The number of hydrogen-bond donors (Lipinski definition) is 1. The number of hydrogen-bond acceptors (Lipinski definition) is 7. The van der Waals surface area contributed by atoms with Crippen molar-refractivity contribution in [2.45, 2.75) is 11.2 Å². The molecular weight excluding hydrogens is 380 g/mol. The monoisotopic (exact) mass is 398 g/mol. The molecule has 1 unspecified atom stereocenters. The molecule has 1 N–H and O–H groups in total. The number of ether oxygens (including phenoxy) is 1. The first-order valence-electron chi connectivity index (χ1n) is 7.89. The molecule has 1 fully saturated rings. The molecule has 1 atom stereocenters. The van der Waals surface area contributed by atoms with Crippen molar-refractivity contribution in [3.63, 3.8) is 0 Å². The van der Waals surface area contributed by atoms with E-state index in [0.29, 0.717) is 24.9 Å². The Hall–Kier alpha value is -1.19. The molecule has 1 amide bonds. The minimum Gasteiger partial charge on any atom is -0.379 e. The van der Waals surface area contributed by atoms with Gasteiger partial charge in [0.05, 0.1) is 30.5 Å². The standard InChI is InChI=1S/C16H19ClN4O2S2/c1-24-16-19-9-11(17)14(20-16)15(22)18-10-12(13-3-2-8-25-13)21-4-6-23-7-5-21/h2-3,8-9,12H,4-7,10H2,1H3,(H,18,22). The van der Waals surface area contributed by atoms with Crippen LogP contribution in [0.5, 0.6) is 0 Å². The fraction of sp³-hybridized carbons (Fsp3) is 0.438. The molecule has 0 radical (unpaired) electrons. The molecule has 134 valence electrons. The number of morpholine rings is 1. The Bertz CT molecular complexity index is 708. The van der Waals surface area contributed by atoms with Gasteiger partial charge in [0.2, 0.25) is 0 Å². The quantitative estimate of drug-likeness (QED) is 0.596. The molecular formula is C16H19ClN4O2S2. The molecule has 3 rings (SSSR count). The maximum absolute atomic E-state index is 12.6. The van der Waals surface area contributed by atoms with E-state index in [1.807, 2.05) is 12.3 Å². The Labute approximate surface area is 159 Å². The van der Waals surface area contributed by atoms with Crippen LogP contribution in [-0.2, 0) is 4.74 Å². The fourth-order valence-electron chi connectivity index (χ4n) is 2.66. The first-order chi connectivity index (χ1) is 12.2. The van der Waals surface area contributed by atoms with E-state index >= 15 is 0 Å². The Balaban J connectivity index is 1.71. The van der Waals surface area contributed by atoms with Gasteiger partial charge in [-0.3, -0.25) is 9.69 Å². The Morgan fingerprint density at radius 3 is 3.00 bits per heavy atom. The van der Waals surface area contributed by atoms with Crippen molar-refractivity contribution in [2.75, 3.05) is 39.1 Å². The zero-order valence-corrected chi connectivity index (χ0v) is 16.2. The number of thiophene rings is 1. The molecule has 6 nitrogen and oxygen atoms in total. The summed E-state index contributed by atoms with van der Waals surface area (Å²) in [5.74, 6) is -0.280. The number of halogens is 1. The van der Waals surface area contributed by atoms with E-state index in [1.54, 1.807) is 11.3 Å². The van der Waals surface area contributed by atoms with Gasteiger partial charge in [0.25, 0.3) is 5.91 Å². The second kappa shape index (κ2) is 8.95. The van der Waals surface area contributed by atoms with Gasteiger partial charge in [-0.2, -0.15) is 0 Å². The van der Waals surface area contributed by atoms with Crippen LogP contribution in [0.25, 0.3) is 0 Å². The lowest BCUT2D eigenvalue weighted by Gasteiger charge is -2.34. The highest BCUT2D eigenvalue weighted by molar-refractivity contribution is 7.98. The second-order valence-electron chi connectivity index (χ2n) is 5.44. The van der Waals surface area contributed by atoms with Crippen LogP contribution in [-0.4, -0.2) is 59.9 Å². The third-order valence-electron chi connectivity index (χ3n) is 3.93. The van der Waals surface area contributed by atoms with Crippen LogP contribution in [0, 0.1) is 0 Å². The lowest BCUT2D eigenvalue weighted by atomic mass is 10.2. The van der Waals surface area contributed by atoms with Gasteiger partial charge in [-0.05, 0) is 17.7 Å². The lowest BCUT2D eigenvalue weighted by Crippen LogP contribution is -2.43. The SMILES string of the molecule is CSc1ncc(Cl)c(C(=O)NCC(c2cccs2)N2CCOCC2)n1. The maximum atomic E-state index is 12.6. The van der Waals surface area contributed by atoms with Crippen molar-refractivity contribution in [1.29, 1.82) is 0 Å². The molecule has 9 heteroatoms. The topological polar surface area (TPSA) is 67.4 Å². The Morgan fingerprint density at radius 2 is 2.32 bits per heavy atom. The van der Waals surface area contributed by atoms with Gasteiger partial charge in [-0.1, -0.05) is 29.4 Å². The summed E-state index contributed by atoms with van der Waals surface area (Å²) in [6.07, 6.45) is 3.32. The first kappa shape index (κ1) is 18.6. The van der Waals surface area contributed by atoms with Crippen LogP contribution < -0.4 is 5.32 Å². The minimum absolute atomic E-state index is 0.119. The molecule has 0 aromatic carbocycles. The highest BCUT2D eigenvalue weighted by Crippen LogP contribution is 2.25. The molecule has 1 aliphatic rings. The van der Waals surface area contributed by atoms with Gasteiger partial charge >= 0.3 is 0 Å². The smallest absolute Gasteiger partial charge is 0.271 e. The van der Waals surface area contributed by atoms with Crippen molar-refractivity contribution in [3.8, 4) is 0 Å². The predicted molar refractivity (Wildman–Crippen MR) is 101 cm³/mol. The number of nitrogens with one attached hydrogen (secondary N) is 1. The molecule has 0 aliphatic carbocycles. The summed E-state index contributed by atoms with van der Waals surface area (Å²) in [6.45, 7) is 3.62. The highest BCUT2D eigenvalue weighted by atomic mass is 35.5. The summed E-state index contributed by atoms with van der Waals surface area (Å²) in [5.41, 5.74) is 0.216. The molecule has 0 saturated carbocycles. The zero-order chi connectivity index (χ0) is 17.6. The molecule has 2 aromatic rings. The fourth-order valence-corrected chi connectivity index (χ4v) is 4.04. The van der Waals surface area contributed by atoms with Crippen molar-refractivity contribution >= 4 is 40.6 Å². The molecule has 0 bridgehead atoms. The largest absolute Gasteiger partial charge is 0.379 e. The number of carbonyl (C=O) groups excluding carboxylic acids is 1. The van der Waals surface area contributed by atoms with E-state index in [-0.39, 0.29) is 22.7 Å². The first-order valence-corrected chi connectivity index (χ1v) is 10.4. The number of nitrogens with zero attached hydrogens (tertiary/aromatic N) is 3. The van der Waals surface area contributed by atoms with E-state index in [9.17, 15) is 4.79 Å². The summed E-state index contributed by atoms with van der Waals surface area (Å²) in [5, 5.41) is 5.81. The van der Waals surface area contributed by atoms with Gasteiger partial charge in [0.15, 0.2) is 10.9 Å². The summed E-state index contributed by atoms with van der Waals surface area (Å²) < 4.78 is 5.44. The van der Waals surface area contributed by atoms with E-state index in [2.05, 4.69) is 31.6 Å². The van der Waals surface area contributed by atoms with E-state index < -0.39 is 0 Å². The minimum atomic E-state index is -0.280. The van der Waals surface area contributed by atoms with E-state index in [4.69, 9.17) is 16.3 Å². The zero-order valence-electron chi connectivity index (χ0n) is 13.8. The summed E-state index contributed by atoms with van der Waals surface area (Å²) in [6, 6.07) is 4.25. The van der Waals surface area contributed by atoms with Crippen LogP contribution in [0.4, 0.5) is 0 Å². The van der Waals surface area contributed by atoms with Crippen molar-refractivity contribution in [1.82, 2.24) is 20.2 Å². The number of aromatic nitrogens is 2.